The summed E-state index contributed by atoms with van der Waals surface area (Å²) in [6.45, 7) is 2.00. The SMILES string of the molecule is CCc1cc(C(=O)c2ccc(OC)cc2)c(NC(=O)CC2(CC(=O)O)CCCC2)s1. The highest BCUT2D eigenvalue weighted by Gasteiger charge is 2.38. The van der Waals surface area contributed by atoms with E-state index in [0.29, 0.717) is 21.9 Å². The lowest BCUT2D eigenvalue weighted by Crippen LogP contribution is -2.27. The molecular formula is C23H27NO5S. The van der Waals surface area contributed by atoms with Crippen molar-refractivity contribution < 1.29 is 24.2 Å². The maximum Gasteiger partial charge on any atom is 0.303 e. The third kappa shape index (κ3) is 5.08. The fraction of sp³-hybridized carbons (Fsp3) is 0.435. The molecule has 0 aliphatic heterocycles. The summed E-state index contributed by atoms with van der Waals surface area (Å²) in [5, 5.41) is 12.7. The number of benzene rings is 1. The third-order valence-electron chi connectivity index (χ3n) is 5.71. The maximum atomic E-state index is 13.1. The second-order valence-electron chi connectivity index (χ2n) is 7.87. The van der Waals surface area contributed by atoms with Gasteiger partial charge in [0.15, 0.2) is 5.78 Å². The van der Waals surface area contributed by atoms with Crippen LogP contribution < -0.4 is 10.1 Å². The molecule has 3 rings (SSSR count). The molecule has 1 heterocycles. The van der Waals surface area contributed by atoms with E-state index in [4.69, 9.17) is 4.74 Å². The van der Waals surface area contributed by atoms with Crippen LogP contribution in [-0.4, -0.2) is 29.9 Å². The quantitative estimate of drug-likeness (QED) is 0.552. The van der Waals surface area contributed by atoms with E-state index in [1.807, 2.05) is 13.0 Å². The van der Waals surface area contributed by atoms with Gasteiger partial charge in [0, 0.05) is 16.9 Å². The molecule has 0 saturated heterocycles. The van der Waals surface area contributed by atoms with Crippen LogP contribution in [0.4, 0.5) is 5.00 Å². The first-order valence-electron chi connectivity index (χ1n) is 10.2. The number of ketones is 1. The van der Waals surface area contributed by atoms with Gasteiger partial charge in [0.05, 0.1) is 19.1 Å². The first kappa shape index (κ1) is 22.0. The number of carbonyl (C=O) groups excluding carboxylic acids is 2. The number of thiophene rings is 1. The average Bonchev–Trinajstić information content (AvgIpc) is 3.33. The Morgan fingerprint density at radius 1 is 1.13 bits per heavy atom. The van der Waals surface area contributed by atoms with Gasteiger partial charge in [-0.05, 0) is 55.0 Å². The van der Waals surface area contributed by atoms with Crippen molar-refractivity contribution in [1.29, 1.82) is 0 Å². The molecule has 1 fully saturated rings. The molecule has 6 nitrogen and oxygen atoms in total. The zero-order valence-corrected chi connectivity index (χ0v) is 18.1. The molecule has 1 aromatic carbocycles. The van der Waals surface area contributed by atoms with Gasteiger partial charge in [-0.3, -0.25) is 14.4 Å². The van der Waals surface area contributed by atoms with Crippen LogP contribution in [0, 0.1) is 5.41 Å². The number of aryl methyl sites for hydroxylation is 1. The van der Waals surface area contributed by atoms with Crippen LogP contribution in [0.3, 0.4) is 0 Å². The van der Waals surface area contributed by atoms with Crippen LogP contribution in [-0.2, 0) is 16.0 Å². The molecule has 7 heteroatoms. The molecule has 160 valence electrons. The fourth-order valence-corrected chi connectivity index (χ4v) is 5.16. The third-order valence-corrected chi connectivity index (χ3v) is 6.90. The van der Waals surface area contributed by atoms with Crippen LogP contribution in [0.2, 0.25) is 0 Å². The highest BCUT2D eigenvalue weighted by molar-refractivity contribution is 7.16. The van der Waals surface area contributed by atoms with E-state index in [-0.39, 0.29) is 24.5 Å². The zero-order chi connectivity index (χ0) is 21.7. The maximum absolute atomic E-state index is 13.1. The number of rotatable bonds is 9. The molecule has 1 amide bonds. The van der Waals surface area contributed by atoms with Crippen molar-refractivity contribution >= 4 is 34.0 Å². The van der Waals surface area contributed by atoms with Gasteiger partial charge < -0.3 is 15.2 Å². The Hall–Kier alpha value is -2.67. The molecule has 0 spiro atoms. The highest BCUT2D eigenvalue weighted by Crippen LogP contribution is 2.44. The van der Waals surface area contributed by atoms with Gasteiger partial charge >= 0.3 is 5.97 Å². The number of hydrogen-bond donors (Lipinski definition) is 2. The highest BCUT2D eigenvalue weighted by atomic mass is 32.1. The minimum Gasteiger partial charge on any atom is -0.497 e. The van der Waals surface area contributed by atoms with E-state index in [2.05, 4.69) is 5.32 Å². The second-order valence-corrected chi connectivity index (χ2v) is 9.01. The first-order chi connectivity index (χ1) is 14.4. The molecule has 1 saturated carbocycles. The average molecular weight is 430 g/mol. The van der Waals surface area contributed by atoms with Gasteiger partial charge in [0.2, 0.25) is 5.91 Å². The van der Waals surface area contributed by atoms with Gasteiger partial charge in [-0.2, -0.15) is 0 Å². The summed E-state index contributed by atoms with van der Waals surface area (Å²) >= 11 is 1.40. The van der Waals surface area contributed by atoms with Gasteiger partial charge in [-0.1, -0.05) is 19.8 Å². The standard InChI is InChI=1S/C23H27NO5S/c1-3-17-12-18(21(28)15-6-8-16(29-2)9-7-15)22(30-17)24-19(25)13-23(14-20(26)27)10-4-5-11-23/h6-9,12H,3-5,10-11,13-14H2,1-2H3,(H,24,25)(H,26,27). The lowest BCUT2D eigenvalue weighted by molar-refractivity contribution is -0.140. The van der Waals surface area contributed by atoms with Crippen LogP contribution in [0.15, 0.2) is 30.3 Å². The van der Waals surface area contributed by atoms with Crippen molar-refractivity contribution in [2.45, 2.75) is 51.9 Å². The van der Waals surface area contributed by atoms with Crippen LogP contribution in [0.5, 0.6) is 5.75 Å². The number of carbonyl (C=O) groups is 3. The number of anilines is 1. The van der Waals surface area contributed by atoms with E-state index in [1.54, 1.807) is 31.4 Å². The Bertz CT molecular complexity index is 926. The predicted octanol–water partition coefficient (Wildman–Crippen LogP) is 4.91. The summed E-state index contributed by atoms with van der Waals surface area (Å²) in [6.07, 6.45) is 4.30. The lowest BCUT2D eigenvalue weighted by Gasteiger charge is -2.26. The van der Waals surface area contributed by atoms with Crippen LogP contribution in [0.25, 0.3) is 0 Å². The Morgan fingerprint density at radius 2 is 1.80 bits per heavy atom. The zero-order valence-electron chi connectivity index (χ0n) is 17.3. The molecule has 2 aromatic rings. The molecule has 1 aliphatic carbocycles. The summed E-state index contributed by atoms with van der Waals surface area (Å²) in [5.74, 6) is -0.596. The second kappa shape index (κ2) is 9.43. The van der Waals surface area contributed by atoms with E-state index >= 15 is 0 Å². The minimum atomic E-state index is -0.871. The van der Waals surface area contributed by atoms with Crippen molar-refractivity contribution in [2.75, 3.05) is 12.4 Å². The summed E-state index contributed by atoms with van der Waals surface area (Å²) < 4.78 is 5.14. The molecule has 1 aliphatic rings. The molecule has 0 atom stereocenters. The van der Waals surface area contributed by atoms with Gasteiger partial charge in [0.1, 0.15) is 10.8 Å². The van der Waals surface area contributed by atoms with Crippen molar-refractivity contribution in [2.24, 2.45) is 5.41 Å². The smallest absolute Gasteiger partial charge is 0.303 e. The summed E-state index contributed by atoms with van der Waals surface area (Å²) in [5.41, 5.74) is 0.500. The monoisotopic (exact) mass is 429 g/mol. The minimum absolute atomic E-state index is 0.00268. The van der Waals surface area contributed by atoms with E-state index < -0.39 is 11.4 Å². The van der Waals surface area contributed by atoms with E-state index in [9.17, 15) is 19.5 Å². The molecule has 2 N–H and O–H groups in total. The number of carboxylic acids is 1. The summed E-state index contributed by atoms with van der Waals surface area (Å²) in [6, 6.07) is 8.70. The van der Waals surface area contributed by atoms with E-state index in [1.165, 1.54) is 11.3 Å². The van der Waals surface area contributed by atoms with Gasteiger partial charge in [0.25, 0.3) is 0 Å². The van der Waals surface area contributed by atoms with Crippen LogP contribution >= 0.6 is 11.3 Å². The van der Waals surface area contributed by atoms with Crippen molar-refractivity contribution in [3.05, 3.63) is 46.3 Å². The number of aliphatic carboxylic acids is 1. The Morgan fingerprint density at radius 3 is 2.37 bits per heavy atom. The van der Waals surface area contributed by atoms with Gasteiger partial charge in [-0.25, -0.2) is 0 Å². The molecule has 0 radical (unpaired) electrons. The Kier molecular flexibility index (Phi) is 6.92. The number of amides is 1. The van der Waals surface area contributed by atoms with Gasteiger partial charge in [-0.15, -0.1) is 11.3 Å². The molecule has 1 aromatic heterocycles. The molecular weight excluding hydrogens is 402 g/mol. The molecule has 30 heavy (non-hydrogen) atoms. The largest absolute Gasteiger partial charge is 0.497 e. The number of hydrogen-bond acceptors (Lipinski definition) is 5. The number of nitrogens with one attached hydrogen (secondary N) is 1. The molecule has 0 bridgehead atoms. The van der Waals surface area contributed by atoms with Crippen molar-refractivity contribution in [1.82, 2.24) is 0 Å². The first-order valence-corrected chi connectivity index (χ1v) is 11.0. The lowest BCUT2D eigenvalue weighted by atomic mass is 9.79. The number of methoxy groups -OCH3 is 1. The van der Waals surface area contributed by atoms with Crippen molar-refractivity contribution in [3.8, 4) is 5.75 Å². The topological polar surface area (TPSA) is 92.7 Å². The summed E-state index contributed by atoms with van der Waals surface area (Å²) in [7, 11) is 1.57. The van der Waals surface area contributed by atoms with Crippen molar-refractivity contribution in [3.63, 3.8) is 0 Å². The Labute approximate surface area is 180 Å². The normalized spacial score (nSPS) is 15.0. The number of ether oxygens (including phenoxy) is 1. The fourth-order valence-electron chi connectivity index (χ4n) is 4.15. The summed E-state index contributed by atoms with van der Waals surface area (Å²) in [4.78, 5) is 38.2. The van der Waals surface area contributed by atoms with E-state index in [0.717, 1.165) is 37.0 Å². The molecule has 0 unspecified atom stereocenters. The Balaban J connectivity index is 1.80. The number of carboxylic acid groups (broad SMARTS) is 1. The predicted molar refractivity (Wildman–Crippen MR) is 117 cm³/mol. The van der Waals surface area contributed by atoms with Crippen LogP contribution in [0.1, 0.15) is 66.2 Å².